The van der Waals surface area contributed by atoms with Crippen LogP contribution in [0.3, 0.4) is 0 Å². The second kappa shape index (κ2) is 13.3. The third-order valence-corrected chi connectivity index (χ3v) is 8.91. The first-order valence-electron chi connectivity index (χ1n) is 15.6. The Labute approximate surface area is 270 Å². The number of alkyl carbamates (subject to hydrolysis) is 1. The lowest BCUT2D eigenvalue weighted by atomic mass is 10.0. The Bertz CT molecular complexity index is 1660. The lowest BCUT2D eigenvalue weighted by Gasteiger charge is -2.43. The third kappa shape index (κ3) is 6.74. The monoisotopic (exact) mass is 643 g/mol. The molecule has 1 aromatic heterocycles. The Balaban J connectivity index is 0.956. The SMILES string of the molecule is N#Cc1cc(-c2ncnc(Nc3ccc(N4CCN(C5COC5)CC4)cc3)n2)ccc1O[C@H]1CCN(C(=O)[C@@H]2COC(=O)N2)C[C@@H]1F. The zero-order chi connectivity index (χ0) is 32.3. The van der Waals surface area contributed by atoms with E-state index in [-0.39, 0.29) is 37.4 Å². The van der Waals surface area contributed by atoms with Crippen molar-refractivity contribution in [2.45, 2.75) is 30.8 Å². The quantitative estimate of drug-likeness (QED) is 0.369. The van der Waals surface area contributed by atoms with Crippen LogP contribution in [0.15, 0.2) is 48.8 Å². The molecular formula is C32H34FN9O5. The smallest absolute Gasteiger partial charge is 0.407 e. The second-order valence-electron chi connectivity index (χ2n) is 11.9. The minimum absolute atomic E-state index is 0.0791. The number of halogens is 1. The number of alkyl halides is 1. The van der Waals surface area contributed by atoms with Gasteiger partial charge in [0.2, 0.25) is 11.9 Å². The number of amides is 2. The van der Waals surface area contributed by atoms with Crippen LogP contribution in [0.2, 0.25) is 0 Å². The fourth-order valence-corrected chi connectivity index (χ4v) is 6.14. The number of piperidine rings is 1. The maximum Gasteiger partial charge on any atom is 0.407 e. The van der Waals surface area contributed by atoms with Crippen molar-refractivity contribution in [3.63, 3.8) is 0 Å². The molecule has 5 heterocycles. The number of hydrogen-bond donors (Lipinski definition) is 2. The van der Waals surface area contributed by atoms with Gasteiger partial charge in [-0.3, -0.25) is 9.69 Å². The fraction of sp³-hybridized carbons (Fsp3) is 0.438. The first-order chi connectivity index (χ1) is 22.9. The summed E-state index contributed by atoms with van der Waals surface area (Å²) in [6.07, 6.45) is -1.38. The fourth-order valence-electron chi connectivity index (χ4n) is 6.14. The van der Waals surface area contributed by atoms with Crippen LogP contribution in [0.4, 0.5) is 26.5 Å². The second-order valence-corrected chi connectivity index (χ2v) is 11.9. The van der Waals surface area contributed by atoms with Gasteiger partial charge in [-0.15, -0.1) is 0 Å². The molecule has 2 aromatic carbocycles. The molecule has 0 radical (unpaired) electrons. The molecule has 0 saturated carbocycles. The van der Waals surface area contributed by atoms with E-state index < -0.39 is 30.3 Å². The van der Waals surface area contributed by atoms with Gasteiger partial charge < -0.3 is 34.6 Å². The predicted molar refractivity (Wildman–Crippen MR) is 167 cm³/mol. The van der Waals surface area contributed by atoms with E-state index in [4.69, 9.17) is 14.2 Å². The number of aromatic nitrogens is 3. The Morgan fingerprint density at radius 1 is 1.06 bits per heavy atom. The van der Waals surface area contributed by atoms with Crippen molar-refractivity contribution < 1.29 is 28.2 Å². The van der Waals surface area contributed by atoms with E-state index >= 15 is 4.39 Å². The number of nitrogens with zero attached hydrogens (tertiary/aromatic N) is 7. The van der Waals surface area contributed by atoms with E-state index in [1.54, 1.807) is 18.2 Å². The highest BCUT2D eigenvalue weighted by atomic mass is 19.1. The first kappa shape index (κ1) is 30.6. The summed E-state index contributed by atoms with van der Waals surface area (Å²) < 4.78 is 31.2. The van der Waals surface area contributed by atoms with E-state index in [2.05, 4.69) is 53.6 Å². The van der Waals surface area contributed by atoms with Crippen LogP contribution in [0, 0.1) is 11.3 Å². The molecule has 0 aliphatic carbocycles. The largest absolute Gasteiger partial charge is 0.486 e. The Kier molecular flexibility index (Phi) is 8.68. The van der Waals surface area contributed by atoms with E-state index in [1.807, 2.05) is 12.1 Å². The molecule has 3 atom stereocenters. The number of nitrogens with one attached hydrogen (secondary N) is 2. The van der Waals surface area contributed by atoms with Crippen LogP contribution in [0.5, 0.6) is 5.75 Å². The van der Waals surface area contributed by atoms with Crippen LogP contribution in [0.25, 0.3) is 11.4 Å². The summed E-state index contributed by atoms with van der Waals surface area (Å²) in [5, 5.41) is 15.5. The number of cyclic esters (lactones) is 1. The van der Waals surface area contributed by atoms with Crippen LogP contribution in [-0.2, 0) is 14.3 Å². The zero-order valence-electron chi connectivity index (χ0n) is 25.5. The summed E-state index contributed by atoms with van der Waals surface area (Å²) in [5.41, 5.74) is 2.76. The topological polar surface area (TPSA) is 158 Å². The Morgan fingerprint density at radius 3 is 2.55 bits per heavy atom. The van der Waals surface area contributed by atoms with Crippen molar-refractivity contribution in [3.8, 4) is 23.2 Å². The van der Waals surface area contributed by atoms with E-state index in [0.717, 1.165) is 50.8 Å². The average molecular weight is 644 g/mol. The number of carbonyl (C=O) groups is 2. The Morgan fingerprint density at radius 2 is 1.87 bits per heavy atom. The third-order valence-electron chi connectivity index (χ3n) is 8.91. The number of rotatable bonds is 8. The molecule has 7 rings (SSSR count). The highest BCUT2D eigenvalue weighted by Gasteiger charge is 2.38. The van der Waals surface area contributed by atoms with Crippen LogP contribution in [0.1, 0.15) is 12.0 Å². The van der Waals surface area contributed by atoms with E-state index in [0.29, 0.717) is 23.4 Å². The number of piperazine rings is 1. The average Bonchev–Trinajstić information content (AvgIpc) is 3.51. The summed E-state index contributed by atoms with van der Waals surface area (Å²) >= 11 is 0. The number of carbonyl (C=O) groups excluding carboxylic acids is 2. The van der Waals surface area contributed by atoms with Gasteiger partial charge in [0.25, 0.3) is 0 Å². The van der Waals surface area contributed by atoms with E-state index in [9.17, 15) is 14.9 Å². The van der Waals surface area contributed by atoms with Crippen LogP contribution < -0.4 is 20.3 Å². The van der Waals surface area contributed by atoms with Gasteiger partial charge in [-0.1, -0.05) is 0 Å². The molecule has 2 N–H and O–H groups in total. The molecule has 4 aliphatic heterocycles. The van der Waals surface area contributed by atoms with Gasteiger partial charge in [0.15, 0.2) is 12.0 Å². The molecule has 4 fully saturated rings. The number of anilines is 3. The summed E-state index contributed by atoms with van der Waals surface area (Å²) in [7, 11) is 0. The Hall–Kier alpha value is -5.07. The van der Waals surface area contributed by atoms with Crippen molar-refractivity contribution in [2.24, 2.45) is 0 Å². The van der Waals surface area contributed by atoms with Crippen LogP contribution >= 0.6 is 0 Å². The molecule has 2 amide bonds. The predicted octanol–water partition coefficient (Wildman–Crippen LogP) is 2.10. The number of nitriles is 1. The van der Waals surface area contributed by atoms with Gasteiger partial charge in [0.1, 0.15) is 36.9 Å². The minimum atomic E-state index is -1.49. The molecule has 0 unspecified atom stereocenters. The van der Waals surface area contributed by atoms with Gasteiger partial charge in [0.05, 0.1) is 31.4 Å². The lowest BCUT2D eigenvalue weighted by Crippen LogP contribution is -2.56. The summed E-state index contributed by atoms with van der Waals surface area (Å²) in [5.74, 6) is 0.538. The van der Waals surface area contributed by atoms with Crippen LogP contribution in [-0.4, -0.2) is 120 Å². The molecule has 0 bridgehead atoms. The normalized spacial score (nSPS) is 23.3. The summed E-state index contributed by atoms with van der Waals surface area (Å²) in [6, 6.07) is 14.9. The van der Waals surface area contributed by atoms with E-state index in [1.165, 1.54) is 11.2 Å². The van der Waals surface area contributed by atoms with Crippen molar-refractivity contribution >= 4 is 29.3 Å². The number of hydrogen-bond acceptors (Lipinski definition) is 12. The molecule has 0 spiro atoms. The minimum Gasteiger partial charge on any atom is -0.486 e. The number of benzene rings is 2. The highest BCUT2D eigenvalue weighted by Crippen LogP contribution is 2.29. The van der Waals surface area contributed by atoms with Gasteiger partial charge >= 0.3 is 6.09 Å². The molecule has 14 nitrogen and oxygen atoms in total. The van der Waals surface area contributed by atoms with Crippen molar-refractivity contribution in [1.82, 2.24) is 30.1 Å². The van der Waals surface area contributed by atoms with Crippen molar-refractivity contribution in [2.75, 3.05) is 69.3 Å². The standard InChI is InChI=1S/C32H34FN9O5/c33-25-15-42(30(43)26-18-46-32(44)38-26)8-7-28(25)47-27-6-1-20(13-21(27)14-34)29-35-19-36-31(39-29)37-22-2-4-23(5-3-22)40-9-11-41(12-10-40)24-16-45-17-24/h1-6,13,19,24-26,28H,7-12,15-18H2,(H,38,44)(H,35,36,37,39)/t25-,26-,28-/m0/s1. The van der Waals surface area contributed by atoms with Gasteiger partial charge in [-0.25, -0.2) is 19.2 Å². The molecule has 47 heavy (non-hydrogen) atoms. The number of likely N-dealkylation sites (tertiary alicyclic amines) is 1. The summed E-state index contributed by atoms with van der Waals surface area (Å²) in [6.45, 7) is 5.66. The summed E-state index contributed by atoms with van der Waals surface area (Å²) in [4.78, 5) is 43.2. The maximum atomic E-state index is 15.1. The highest BCUT2D eigenvalue weighted by molar-refractivity contribution is 5.88. The molecule has 244 valence electrons. The van der Waals surface area contributed by atoms with Gasteiger partial charge in [-0.05, 0) is 42.5 Å². The van der Waals surface area contributed by atoms with Gasteiger partial charge in [0, 0.05) is 56.1 Å². The van der Waals surface area contributed by atoms with Crippen molar-refractivity contribution in [3.05, 3.63) is 54.4 Å². The lowest BCUT2D eigenvalue weighted by molar-refractivity contribution is -0.137. The molecule has 15 heteroatoms. The van der Waals surface area contributed by atoms with Gasteiger partial charge in [-0.2, -0.15) is 10.2 Å². The molecule has 3 aromatic rings. The molecular weight excluding hydrogens is 609 g/mol. The molecule has 4 aliphatic rings. The van der Waals surface area contributed by atoms with Crippen molar-refractivity contribution in [1.29, 1.82) is 5.26 Å². The number of ether oxygens (including phenoxy) is 3. The maximum absolute atomic E-state index is 15.1. The first-order valence-corrected chi connectivity index (χ1v) is 15.6. The molecule has 4 saturated heterocycles. The zero-order valence-corrected chi connectivity index (χ0v) is 25.5.